The summed E-state index contributed by atoms with van der Waals surface area (Å²) in [7, 11) is 0. The molecule has 0 saturated heterocycles. The molecule has 0 saturated carbocycles. The standard InChI is InChI=1S/C11H17N3O.2ClH/c12-9-11(15)14-8-4-7-13-10-5-2-1-3-6-10;;/h1-3,5-6,13H,4,7-9,12H2,(H,14,15);2*1H. The third kappa shape index (κ3) is 8.80. The molecule has 1 aromatic carbocycles. The SMILES string of the molecule is Cl.Cl.NCC(=O)NCCCNc1ccccc1. The Labute approximate surface area is 114 Å². The first-order chi connectivity index (χ1) is 7.33. The normalized spacial score (nSPS) is 8.53. The lowest BCUT2D eigenvalue weighted by molar-refractivity contribution is -0.119. The van der Waals surface area contributed by atoms with Gasteiger partial charge in [-0.05, 0) is 18.6 Å². The first-order valence-corrected chi connectivity index (χ1v) is 5.08. The minimum absolute atomic E-state index is 0. The molecule has 0 aromatic heterocycles. The van der Waals surface area contributed by atoms with Crippen LogP contribution in [0.5, 0.6) is 0 Å². The van der Waals surface area contributed by atoms with Crippen LogP contribution in [0.1, 0.15) is 6.42 Å². The van der Waals surface area contributed by atoms with Crippen LogP contribution in [0.2, 0.25) is 0 Å². The number of benzene rings is 1. The summed E-state index contributed by atoms with van der Waals surface area (Å²) in [6.07, 6.45) is 0.890. The summed E-state index contributed by atoms with van der Waals surface area (Å²) < 4.78 is 0. The van der Waals surface area contributed by atoms with Gasteiger partial charge in [-0.3, -0.25) is 4.79 Å². The van der Waals surface area contributed by atoms with Gasteiger partial charge in [0.05, 0.1) is 6.54 Å². The van der Waals surface area contributed by atoms with Gasteiger partial charge >= 0.3 is 0 Å². The Morgan fingerprint density at radius 3 is 2.35 bits per heavy atom. The molecule has 1 rings (SSSR count). The second kappa shape index (κ2) is 11.5. The minimum Gasteiger partial charge on any atom is -0.385 e. The van der Waals surface area contributed by atoms with Crippen molar-refractivity contribution in [3.63, 3.8) is 0 Å². The topological polar surface area (TPSA) is 67.2 Å². The summed E-state index contributed by atoms with van der Waals surface area (Å²) in [6, 6.07) is 9.97. The van der Waals surface area contributed by atoms with Crippen LogP contribution >= 0.6 is 24.8 Å². The van der Waals surface area contributed by atoms with E-state index in [1.54, 1.807) is 0 Å². The molecule has 1 aromatic rings. The van der Waals surface area contributed by atoms with Gasteiger partial charge < -0.3 is 16.4 Å². The molecule has 0 atom stereocenters. The van der Waals surface area contributed by atoms with Crippen molar-refractivity contribution in [3.05, 3.63) is 30.3 Å². The molecular formula is C11H19Cl2N3O. The van der Waals surface area contributed by atoms with Crippen LogP contribution in [0.15, 0.2) is 30.3 Å². The van der Waals surface area contributed by atoms with Crippen LogP contribution in [0.25, 0.3) is 0 Å². The maximum atomic E-state index is 10.8. The molecule has 17 heavy (non-hydrogen) atoms. The molecule has 1 amide bonds. The molecule has 0 heterocycles. The van der Waals surface area contributed by atoms with E-state index in [0.29, 0.717) is 6.54 Å². The molecule has 0 radical (unpaired) electrons. The Bertz CT molecular complexity index is 296. The molecule has 0 aliphatic heterocycles. The zero-order chi connectivity index (χ0) is 10.9. The molecule has 0 bridgehead atoms. The van der Waals surface area contributed by atoms with Gasteiger partial charge in [0.25, 0.3) is 0 Å². The number of carbonyl (C=O) groups excluding carboxylic acids is 1. The van der Waals surface area contributed by atoms with E-state index >= 15 is 0 Å². The summed E-state index contributed by atoms with van der Waals surface area (Å²) >= 11 is 0. The van der Waals surface area contributed by atoms with Gasteiger partial charge in [0.15, 0.2) is 0 Å². The van der Waals surface area contributed by atoms with Gasteiger partial charge in [-0.1, -0.05) is 18.2 Å². The Morgan fingerprint density at radius 1 is 1.12 bits per heavy atom. The van der Waals surface area contributed by atoms with Crippen LogP contribution in [0.4, 0.5) is 5.69 Å². The van der Waals surface area contributed by atoms with E-state index in [-0.39, 0.29) is 37.3 Å². The van der Waals surface area contributed by atoms with E-state index in [1.807, 2.05) is 30.3 Å². The average molecular weight is 280 g/mol. The molecule has 0 aliphatic carbocycles. The van der Waals surface area contributed by atoms with Crippen LogP contribution in [0, 0.1) is 0 Å². The number of amides is 1. The fourth-order valence-corrected chi connectivity index (χ4v) is 1.18. The van der Waals surface area contributed by atoms with E-state index in [0.717, 1.165) is 18.7 Å². The van der Waals surface area contributed by atoms with Crippen molar-refractivity contribution < 1.29 is 4.79 Å². The molecule has 6 heteroatoms. The van der Waals surface area contributed by atoms with Crippen LogP contribution in [-0.2, 0) is 4.79 Å². The second-order valence-electron chi connectivity index (χ2n) is 3.20. The van der Waals surface area contributed by atoms with Crippen molar-refractivity contribution >= 4 is 36.4 Å². The van der Waals surface area contributed by atoms with Crippen LogP contribution in [-0.4, -0.2) is 25.5 Å². The summed E-state index contributed by atoms with van der Waals surface area (Å²) in [5.74, 6) is -0.102. The molecule has 0 spiro atoms. The third-order valence-corrected chi connectivity index (χ3v) is 1.96. The number of nitrogens with one attached hydrogen (secondary N) is 2. The van der Waals surface area contributed by atoms with Gasteiger partial charge in [-0.15, -0.1) is 24.8 Å². The lowest BCUT2D eigenvalue weighted by atomic mass is 10.3. The van der Waals surface area contributed by atoms with Crippen molar-refractivity contribution in [3.8, 4) is 0 Å². The largest absolute Gasteiger partial charge is 0.385 e. The molecular weight excluding hydrogens is 261 g/mol. The predicted molar refractivity (Wildman–Crippen MR) is 76.1 cm³/mol. The highest BCUT2D eigenvalue weighted by atomic mass is 35.5. The van der Waals surface area contributed by atoms with Gasteiger partial charge in [0.2, 0.25) is 5.91 Å². The molecule has 4 nitrogen and oxygen atoms in total. The number of anilines is 1. The monoisotopic (exact) mass is 279 g/mol. The summed E-state index contributed by atoms with van der Waals surface area (Å²) in [5, 5.41) is 5.97. The zero-order valence-corrected chi connectivity index (χ0v) is 11.2. The number of nitrogens with two attached hydrogens (primary N) is 1. The Hall–Kier alpha value is -0.970. The molecule has 0 aliphatic rings. The van der Waals surface area contributed by atoms with Gasteiger partial charge in [0, 0.05) is 18.8 Å². The van der Waals surface area contributed by atoms with E-state index in [2.05, 4.69) is 10.6 Å². The number of para-hydroxylation sites is 1. The summed E-state index contributed by atoms with van der Waals surface area (Å²) in [4.78, 5) is 10.8. The maximum absolute atomic E-state index is 10.8. The number of hydrogen-bond donors (Lipinski definition) is 3. The second-order valence-corrected chi connectivity index (χ2v) is 3.20. The van der Waals surface area contributed by atoms with Gasteiger partial charge in [0.1, 0.15) is 0 Å². The van der Waals surface area contributed by atoms with Gasteiger partial charge in [-0.25, -0.2) is 0 Å². The van der Waals surface area contributed by atoms with Crippen LogP contribution < -0.4 is 16.4 Å². The highest BCUT2D eigenvalue weighted by Crippen LogP contribution is 2.03. The minimum atomic E-state index is -0.102. The molecule has 0 fully saturated rings. The van der Waals surface area contributed by atoms with Crippen molar-refractivity contribution in [2.75, 3.05) is 25.0 Å². The lowest BCUT2D eigenvalue weighted by Gasteiger charge is -2.06. The number of halogens is 2. The Balaban J connectivity index is 0. The van der Waals surface area contributed by atoms with E-state index < -0.39 is 0 Å². The lowest BCUT2D eigenvalue weighted by Crippen LogP contribution is -2.31. The fraction of sp³-hybridized carbons (Fsp3) is 0.364. The predicted octanol–water partition coefficient (Wildman–Crippen LogP) is 1.41. The number of carbonyl (C=O) groups is 1. The molecule has 98 valence electrons. The summed E-state index contributed by atoms with van der Waals surface area (Å²) in [5.41, 5.74) is 6.25. The average Bonchev–Trinajstić information content (AvgIpc) is 2.29. The third-order valence-electron chi connectivity index (χ3n) is 1.96. The van der Waals surface area contributed by atoms with Crippen molar-refractivity contribution in [1.29, 1.82) is 0 Å². The Morgan fingerprint density at radius 2 is 1.76 bits per heavy atom. The smallest absolute Gasteiger partial charge is 0.233 e. The van der Waals surface area contributed by atoms with E-state index in [9.17, 15) is 4.79 Å². The van der Waals surface area contributed by atoms with Gasteiger partial charge in [-0.2, -0.15) is 0 Å². The van der Waals surface area contributed by atoms with Crippen molar-refractivity contribution in [1.82, 2.24) is 5.32 Å². The number of rotatable bonds is 6. The Kier molecular flexibility index (Phi) is 12.5. The van der Waals surface area contributed by atoms with E-state index in [1.165, 1.54) is 0 Å². The maximum Gasteiger partial charge on any atom is 0.233 e. The van der Waals surface area contributed by atoms with Crippen molar-refractivity contribution in [2.45, 2.75) is 6.42 Å². The van der Waals surface area contributed by atoms with E-state index in [4.69, 9.17) is 5.73 Å². The summed E-state index contributed by atoms with van der Waals surface area (Å²) in [6.45, 7) is 1.57. The fourth-order valence-electron chi connectivity index (χ4n) is 1.18. The highest BCUT2D eigenvalue weighted by molar-refractivity contribution is 5.85. The first kappa shape index (κ1) is 18.4. The quantitative estimate of drug-likeness (QED) is 0.690. The van der Waals surface area contributed by atoms with Crippen LogP contribution in [0.3, 0.4) is 0 Å². The van der Waals surface area contributed by atoms with Crippen molar-refractivity contribution in [2.24, 2.45) is 5.73 Å². The molecule has 4 N–H and O–H groups in total. The molecule has 0 unspecified atom stereocenters. The first-order valence-electron chi connectivity index (χ1n) is 5.08. The highest BCUT2D eigenvalue weighted by Gasteiger charge is 1.94. The zero-order valence-electron chi connectivity index (χ0n) is 9.52. The number of hydrogen-bond acceptors (Lipinski definition) is 3.